The maximum Gasteiger partial charge on any atom is 0.702 e. The second kappa shape index (κ2) is 12.9. The summed E-state index contributed by atoms with van der Waals surface area (Å²) in [6.07, 6.45) is 0. The van der Waals surface area contributed by atoms with Gasteiger partial charge in [-0.15, -0.1) is 19.6 Å². The van der Waals surface area contributed by atoms with Crippen LogP contribution in [0.3, 0.4) is 0 Å². The van der Waals surface area contributed by atoms with Crippen molar-refractivity contribution in [2.75, 3.05) is 0 Å². The lowest BCUT2D eigenvalue weighted by atomic mass is 10.0. The van der Waals surface area contributed by atoms with E-state index in [1.165, 1.54) is 0 Å². The van der Waals surface area contributed by atoms with Gasteiger partial charge < -0.3 is 25.1 Å². The monoisotopic (exact) mass is 627 g/mol. The normalized spacial score (nSPS) is 19.2. The molecular formula is C9H13O20P6+5. The second-order valence-corrected chi connectivity index (χ2v) is 9.98. The summed E-state index contributed by atoms with van der Waals surface area (Å²) < 4.78 is 76.8. The maximum absolute atomic E-state index is 11.7. The fourth-order valence-electron chi connectivity index (χ4n) is 2.16. The Morgan fingerprint density at radius 1 is 0.600 bits per heavy atom. The average Bonchev–Trinajstić information content (AvgIpc) is 2.64. The Balaban J connectivity index is 4.10. The standard InChI is InChI=1S/C9H8O20P6/c10-7(25-31(15)16,26-32(17)18)4-1-5(8(11,27-33(19)20)28-34(21)22)3-6(2-4)9(12,30(13)14)29-35(23)24/h1-3,10-12,15-16H/p+5. The zero-order chi connectivity index (χ0) is 27.4. The minimum absolute atomic E-state index is 0.240. The molecule has 0 fully saturated rings. The van der Waals surface area contributed by atoms with Crippen molar-refractivity contribution in [3.8, 4) is 0 Å². The summed E-state index contributed by atoms with van der Waals surface area (Å²) in [6, 6.07) is 0.744. The van der Waals surface area contributed by atoms with E-state index in [4.69, 9.17) is 29.4 Å². The summed E-state index contributed by atoms with van der Waals surface area (Å²) in [5.74, 6) is -7.58. The molecule has 26 heteroatoms. The van der Waals surface area contributed by atoms with Gasteiger partial charge in [-0.25, -0.2) is 4.52 Å². The lowest BCUT2D eigenvalue weighted by molar-refractivity contribution is -0.290. The summed E-state index contributed by atoms with van der Waals surface area (Å²) in [4.78, 5) is 63.5. The van der Waals surface area contributed by atoms with Gasteiger partial charge in [0.25, 0.3) is 0 Å². The van der Waals surface area contributed by atoms with Crippen LogP contribution in [0.2, 0.25) is 0 Å². The van der Waals surface area contributed by atoms with E-state index >= 15 is 0 Å². The van der Waals surface area contributed by atoms with E-state index in [0.29, 0.717) is 0 Å². The van der Waals surface area contributed by atoms with Gasteiger partial charge in [0, 0.05) is 23.8 Å². The maximum atomic E-state index is 11.7. The Kier molecular flexibility index (Phi) is 12.0. The van der Waals surface area contributed by atoms with Gasteiger partial charge in [0.1, 0.15) is 0 Å². The van der Waals surface area contributed by atoms with Crippen molar-refractivity contribution in [3.05, 3.63) is 34.9 Å². The van der Waals surface area contributed by atoms with Gasteiger partial charge in [0.05, 0.1) is 11.1 Å². The number of aliphatic hydroxyl groups is 3. The third-order valence-electron chi connectivity index (χ3n) is 3.31. The first-order valence-electron chi connectivity index (χ1n) is 7.62. The van der Waals surface area contributed by atoms with E-state index in [9.17, 15) is 43.0 Å². The van der Waals surface area contributed by atoms with E-state index in [-0.39, 0.29) is 18.2 Å². The first-order valence-corrected chi connectivity index (χ1v) is 14.5. The van der Waals surface area contributed by atoms with E-state index < -0.39 is 83.8 Å². The van der Waals surface area contributed by atoms with Gasteiger partial charge in [0.15, 0.2) is 0 Å². The topological polar surface area (TPSA) is 334 Å². The summed E-state index contributed by atoms with van der Waals surface area (Å²) in [5, 5.41) is 31.3. The summed E-state index contributed by atoms with van der Waals surface area (Å²) >= 11 is 0. The molecule has 0 radical (unpaired) electrons. The van der Waals surface area contributed by atoms with Crippen LogP contribution in [0, 0.1) is 0 Å². The van der Waals surface area contributed by atoms with Gasteiger partial charge in [-0.2, -0.15) is 4.89 Å². The summed E-state index contributed by atoms with van der Waals surface area (Å²) in [5.41, 5.74) is -7.59. The molecule has 1 aromatic rings. The van der Waals surface area contributed by atoms with Crippen molar-refractivity contribution in [1.29, 1.82) is 0 Å². The molecular weight excluding hydrogens is 614 g/mol. The van der Waals surface area contributed by atoms with Crippen molar-refractivity contribution < 1.29 is 95.0 Å². The van der Waals surface area contributed by atoms with E-state index in [1.54, 1.807) is 0 Å². The molecule has 20 nitrogen and oxygen atoms in total. The molecule has 0 spiro atoms. The molecule has 10 N–H and O–H groups in total. The highest BCUT2D eigenvalue weighted by atomic mass is 31.2. The van der Waals surface area contributed by atoms with Crippen LogP contribution < -0.4 is 0 Å². The van der Waals surface area contributed by atoms with Gasteiger partial charge in [-0.1, -0.05) is 0 Å². The minimum Gasteiger partial charge on any atom is -0.336 e. The largest absolute Gasteiger partial charge is 0.702 e. The van der Waals surface area contributed by atoms with Crippen molar-refractivity contribution >= 4 is 49.6 Å². The van der Waals surface area contributed by atoms with Crippen LogP contribution in [-0.2, 0) is 62.9 Å². The minimum atomic E-state index is -4.12. The summed E-state index contributed by atoms with van der Waals surface area (Å²) in [6.45, 7) is 0. The van der Waals surface area contributed by atoms with E-state index in [2.05, 4.69) is 22.6 Å². The van der Waals surface area contributed by atoms with Crippen molar-refractivity contribution in [2.24, 2.45) is 0 Å². The van der Waals surface area contributed by atoms with E-state index in [0.717, 1.165) is 0 Å². The van der Waals surface area contributed by atoms with Crippen molar-refractivity contribution in [3.63, 3.8) is 0 Å². The number of hydrogen-bond donors (Lipinski definition) is 10. The fraction of sp³-hybridized carbons (Fsp3) is 0.333. The highest BCUT2D eigenvalue weighted by Gasteiger charge is 2.61. The number of benzene rings is 1. The molecule has 7 unspecified atom stereocenters. The lowest BCUT2D eigenvalue weighted by Crippen LogP contribution is -2.34. The molecule has 0 aliphatic carbocycles. The summed E-state index contributed by atoms with van der Waals surface area (Å²) in [7, 11) is -23.4. The quantitative estimate of drug-likeness (QED) is 0.0928. The molecule has 0 heterocycles. The highest BCUT2D eigenvalue weighted by Crippen LogP contribution is 2.51. The van der Waals surface area contributed by atoms with Crippen molar-refractivity contribution in [2.45, 2.75) is 17.5 Å². The second-order valence-electron chi connectivity index (χ2n) is 5.50. The fourth-order valence-corrected chi connectivity index (χ4v) is 4.87. The molecule has 0 saturated carbocycles. The third-order valence-corrected chi connectivity index (χ3v) is 6.37. The molecule has 0 amide bonds. The Labute approximate surface area is 197 Å². The molecule has 1 aromatic carbocycles. The van der Waals surface area contributed by atoms with Crippen LogP contribution in [0.1, 0.15) is 16.7 Å². The Bertz CT molecular complexity index is 1010. The molecule has 0 aliphatic rings. The number of rotatable bonds is 14. The van der Waals surface area contributed by atoms with Crippen LogP contribution in [0.5, 0.6) is 0 Å². The molecule has 0 saturated heterocycles. The van der Waals surface area contributed by atoms with Crippen LogP contribution in [0.15, 0.2) is 18.2 Å². The average molecular weight is 627 g/mol. The highest BCUT2D eigenvalue weighted by molar-refractivity contribution is 7.40. The SMILES string of the molecule is O=[P+](O)OC(O)(OP(O)O)c1cc(C(O)(O[P+](=O)O)O[P+](=O)O)cc(C(O)(O[P+](=O)O)[P+](=O)O)c1. The first-order chi connectivity index (χ1) is 15.8. The van der Waals surface area contributed by atoms with Crippen molar-refractivity contribution in [1.82, 2.24) is 0 Å². The third kappa shape index (κ3) is 9.11. The van der Waals surface area contributed by atoms with Gasteiger partial charge in [-0.05, 0) is 40.9 Å². The van der Waals surface area contributed by atoms with E-state index in [1.807, 2.05) is 0 Å². The predicted octanol–water partition coefficient (Wildman–Crippen LogP) is -0.378. The van der Waals surface area contributed by atoms with Crippen LogP contribution in [0.25, 0.3) is 0 Å². The zero-order valence-electron chi connectivity index (χ0n) is 16.0. The zero-order valence-corrected chi connectivity index (χ0v) is 21.3. The smallest absolute Gasteiger partial charge is 0.336 e. The number of hydrogen-bond acceptors (Lipinski definition) is 15. The van der Waals surface area contributed by atoms with Crippen LogP contribution >= 0.6 is 49.6 Å². The van der Waals surface area contributed by atoms with Gasteiger partial charge in [0.2, 0.25) is 0 Å². The first kappa shape index (κ1) is 32.6. The van der Waals surface area contributed by atoms with Gasteiger partial charge >= 0.3 is 67.1 Å². The predicted molar refractivity (Wildman–Crippen MR) is 104 cm³/mol. The molecule has 35 heavy (non-hydrogen) atoms. The van der Waals surface area contributed by atoms with Gasteiger partial charge in [-0.3, -0.25) is 0 Å². The molecule has 0 bridgehead atoms. The van der Waals surface area contributed by atoms with Crippen LogP contribution in [0.4, 0.5) is 0 Å². The Morgan fingerprint density at radius 3 is 1.29 bits per heavy atom. The Hall–Kier alpha value is -0.450. The Morgan fingerprint density at radius 2 is 0.943 bits per heavy atom. The molecule has 1 rings (SSSR count). The molecule has 194 valence electrons. The lowest BCUT2D eigenvalue weighted by Gasteiger charge is -2.24. The molecule has 0 aliphatic heterocycles. The van der Waals surface area contributed by atoms with Crippen LogP contribution in [-0.4, -0.2) is 49.6 Å². The molecule has 7 atom stereocenters. The molecule has 0 aromatic heterocycles.